The summed E-state index contributed by atoms with van der Waals surface area (Å²) in [7, 11) is 1.66. The van der Waals surface area contributed by atoms with E-state index in [0.717, 1.165) is 0 Å². The van der Waals surface area contributed by atoms with Gasteiger partial charge in [0.05, 0.1) is 12.5 Å². The van der Waals surface area contributed by atoms with Crippen molar-refractivity contribution in [1.29, 1.82) is 0 Å². The van der Waals surface area contributed by atoms with Gasteiger partial charge in [-0.25, -0.2) is 0 Å². The molecule has 54 valence electrons. The Morgan fingerprint density at radius 2 is 2.33 bits per heavy atom. The minimum absolute atomic E-state index is 0.194. The number of hydrogen-bond donors (Lipinski definition) is 3. The summed E-state index contributed by atoms with van der Waals surface area (Å²) in [5.41, 5.74) is 0. The third-order valence-corrected chi connectivity index (χ3v) is 0.850. The van der Waals surface area contributed by atoms with Crippen LogP contribution in [0.3, 0.4) is 0 Å². The first-order valence-electron chi connectivity index (χ1n) is 2.71. The van der Waals surface area contributed by atoms with Gasteiger partial charge in [0.25, 0.3) is 0 Å². The van der Waals surface area contributed by atoms with Crippen LogP contribution < -0.4 is 5.32 Å². The van der Waals surface area contributed by atoms with Crippen LogP contribution >= 0.6 is 0 Å². The highest BCUT2D eigenvalue weighted by molar-refractivity contribution is 5.67. The maximum atomic E-state index is 9.90. The second kappa shape index (κ2) is 4.29. The molecule has 0 aliphatic rings. The Kier molecular flexibility index (Phi) is 4.00. The molecule has 0 fully saturated rings. The number of carboxylic acid groups (broad SMARTS) is 1. The Balaban J connectivity index is 3.26. The molecule has 0 aromatic heterocycles. The van der Waals surface area contributed by atoms with E-state index in [1.54, 1.807) is 7.05 Å². The van der Waals surface area contributed by atoms with Crippen LogP contribution in [0, 0.1) is 0 Å². The molecule has 1 atom stereocenters. The molecule has 0 radical (unpaired) electrons. The summed E-state index contributed by atoms with van der Waals surface area (Å²) >= 11 is 0. The Morgan fingerprint density at radius 3 is 2.67 bits per heavy atom. The molecule has 0 saturated heterocycles. The van der Waals surface area contributed by atoms with Crippen molar-refractivity contribution in [3.63, 3.8) is 0 Å². The number of hydrogen-bond acceptors (Lipinski definition) is 3. The second-order valence-electron chi connectivity index (χ2n) is 1.81. The van der Waals surface area contributed by atoms with Gasteiger partial charge < -0.3 is 15.5 Å². The van der Waals surface area contributed by atoms with Crippen LogP contribution in [-0.2, 0) is 4.79 Å². The maximum absolute atomic E-state index is 9.90. The molecular formula is C5H11NO3. The van der Waals surface area contributed by atoms with Crippen LogP contribution in [0.5, 0.6) is 0 Å². The molecule has 0 spiro atoms. The van der Waals surface area contributed by atoms with Crippen molar-refractivity contribution >= 4 is 5.97 Å². The Hall–Kier alpha value is -0.610. The summed E-state index contributed by atoms with van der Waals surface area (Å²) in [5, 5.41) is 19.6. The number of aliphatic hydroxyl groups is 1. The third kappa shape index (κ3) is 5.26. The molecule has 0 heterocycles. The summed E-state index contributed by atoms with van der Waals surface area (Å²) in [4.78, 5) is 9.90. The van der Waals surface area contributed by atoms with Crippen LogP contribution in [0.15, 0.2) is 0 Å². The molecule has 0 aliphatic heterocycles. The smallest absolute Gasteiger partial charge is 0.306 e. The van der Waals surface area contributed by atoms with Crippen LogP contribution in [0.1, 0.15) is 6.42 Å². The average molecular weight is 133 g/mol. The predicted octanol–water partition coefficient (Wildman–Crippen LogP) is -0.959. The molecule has 3 N–H and O–H groups in total. The van der Waals surface area contributed by atoms with Gasteiger partial charge in [-0.15, -0.1) is 0 Å². The van der Waals surface area contributed by atoms with Gasteiger partial charge in [-0.05, 0) is 7.05 Å². The topological polar surface area (TPSA) is 69.6 Å². The van der Waals surface area contributed by atoms with E-state index in [0.29, 0.717) is 6.54 Å². The van der Waals surface area contributed by atoms with Crippen molar-refractivity contribution in [2.45, 2.75) is 12.5 Å². The molecule has 0 amide bonds. The SMILES string of the molecule is CNC[C@@H](O)CC(=O)O. The first-order chi connectivity index (χ1) is 4.16. The molecule has 0 rings (SSSR count). The largest absolute Gasteiger partial charge is 0.481 e. The second-order valence-corrected chi connectivity index (χ2v) is 1.81. The van der Waals surface area contributed by atoms with Crippen molar-refractivity contribution in [2.75, 3.05) is 13.6 Å². The van der Waals surface area contributed by atoms with Crippen molar-refractivity contribution in [3.05, 3.63) is 0 Å². The van der Waals surface area contributed by atoms with Crippen LogP contribution in [0.2, 0.25) is 0 Å². The van der Waals surface area contributed by atoms with E-state index in [4.69, 9.17) is 10.2 Å². The number of carboxylic acids is 1. The zero-order valence-electron chi connectivity index (χ0n) is 5.29. The highest BCUT2D eigenvalue weighted by atomic mass is 16.4. The molecule has 9 heavy (non-hydrogen) atoms. The van der Waals surface area contributed by atoms with E-state index in [-0.39, 0.29) is 6.42 Å². The van der Waals surface area contributed by atoms with Gasteiger partial charge in [0, 0.05) is 6.54 Å². The lowest BCUT2D eigenvalue weighted by Gasteiger charge is -2.04. The van der Waals surface area contributed by atoms with Crippen LogP contribution in [0.4, 0.5) is 0 Å². The van der Waals surface area contributed by atoms with Crippen LogP contribution in [-0.4, -0.2) is 35.9 Å². The monoisotopic (exact) mass is 133 g/mol. The molecule has 0 aromatic carbocycles. The lowest BCUT2D eigenvalue weighted by atomic mass is 10.2. The third-order valence-electron chi connectivity index (χ3n) is 0.850. The maximum Gasteiger partial charge on any atom is 0.306 e. The number of likely N-dealkylation sites (N-methyl/N-ethyl adjacent to an activating group) is 1. The van der Waals surface area contributed by atoms with Crippen molar-refractivity contribution < 1.29 is 15.0 Å². The molecule has 0 aliphatic carbocycles. The number of aliphatic hydroxyl groups excluding tert-OH is 1. The summed E-state index contributed by atoms with van der Waals surface area (Å²) in [5.74, 6) is -0.974. The standard InChI is InChI=1S/C5H11NO3/c1-6-3-4(7)2-5(8)9/h4,6-7H,2-3H2,1H3,(H,8,9)/t4-/m0/s1. The normalized spacial score (nSPS) is 13.1. The lowest BCUT2D eigenvalue weighted by molar-refractivity contribution is -0.139. The lowest BCUT2D eigenvalue weighted by Crippen LogP contribution is -2.25. The highest BCUT2D eigenvalue weighted by Crippen LogP contribution is 1.87. The molecule has 0 bridgehead atoms. The van der Waals surface area contributed by atoms with E-state index >= 15 is 0 Å². The summed E-state index contributed by atoms with van der Waals surface area (Å²) < 4.78 is 0. The van der Waals surface area contributed by atoms with Gasteiger partial charge in [-0.1, -0.05) is 0 Å². The van der Waals surface area contributed by atoms with Gasteiger partial charge in [0.2, 0.25) is 0 Å². The van der Waals surface area contributed by atoms with Gasteiger partial charge >= 0.3 is 5.97 Å². The molecule has 0 aromatic rings. The average Bonchev–Trinajstić information content (AvgIpc) is 1.63. The van der Waals surface area contributed by atoms with E-state index < -0.39 is 12.1 Å². The van der Waals surface area contributed by atoms with E-state index in [9.17, 15) is 4.79 Å². The zero-order valence-corrected chi connectivity index (χ0v) is 5.29. The van der Waals surface area contributed by atoms with Crippen molar-refractivity contribution in [1.82, 2.24) is 5.32 Å². The number of rotatable bonds is 4. The minimum atomic E-state index is -0.974. The Labute approximate surface area is 53.5 Å². The van der Waals surface area contributed by atoms with Gasteiger partial charge in [-0.2, -0.15) is 0 Å². The number of nitrogens with one attached hydrogen (secondary N) is 1. The van der Waals surface area contributed by atoms with Gasteiger partial charge in [-0.3, -0.25) is 4.79 Å². The van der Waals surface area contributed by atoms with Gasteiger partial charge in [0.15, 0.2) is 0 Å². The van der Waals surface area contributed by atoms with E-state index in [2.05, 4.69) is 5.32 Å². The van der Waals surface area contributed by atoms with Crippen molar-refractivity contribution in [2.24, 2.45) is 0 Å². The number of aliphatic carboxylic acids is 1. The fourth-order valence-corrected chi connectivity index (χ4v) is 0.509. The first kappa shape index (κ1) is 8.39. The molecular weight excluding hydrogens is 122 g/mol. The zero-order chi connectivity index (χ0) is 7.28. The van der Waals surface area contributed by atoms with E-state index in [1.165, 1.54) is 0 Å². The van der Waals surface area contributed by atoms with Crippen molar-refractivity contribution in [3.8, 4) is 0 Å². The fourth-order valence-electron chi connectivity index (χ4n) is 0.509. The molecule has 4 heteroatoms. The quantitative estimate of drug-likeness (QED) is 0.462. The van der Waals surface area contributed by atoms with E-state index in [1.807, 2.05) is 0 Å². The van der Waals surface area contributed by atoms with Crippen LogP contribution in [0.25, 0.3) is 0 Å². The molecule has 0 saturated carbocycles. The summed E-state index contributed by atoms with van der Waals surface area (Å²) in [6.07, 6.45) is -0.964. The summed E-state index contributed by atoms with van der Waals surface area (Å²) in [6.45, 7) is 0.326. The molecule has 4 nitrogen and oxygen atoms in total. The fraction of sp³-hybridized carbons (Fsp3) is 0.800. The first-order valence-corrected chi connectivity index (χ1v) is 2.71. The Morgan fingerprint density at radius 1 is 1.78 bits per heavy atom. The van der Waals surface area contributed by atoms with Gasteiger partial charge in [0.1, 0.15) is 0 Å². The summed E-state index contributed by atoms with van der Waals surface area (Å²) in [6, 6.07) is 0. The Bertz CT molecular complexity index is 94.2. The number of carbonyl (C=O) groups is 1. The highest BCUT2D eigenvalue weighted by Gasteiger charge is 2.06. The molecule has 0 unspecified atom stereocenters. The minimum Gasteiger partial charge on any atom is -0.481 e. The predicted molar refractivity (Wildman–Crippen MR) is 32.2 cm³/mol.